The summed E-state index contributed by atoms with van der Waals surface area (Å²) in [6.07, 6.45) is 0. The molecule has 1 nitrogen and oxygen atoms in total. The van der Waals surface area contributed by atoms with Crippen molar-refractivity contribution in [1.29, 1.82) is 0 Å². The molecule has 1 heteroatoms. The van der Waals surface area contributed by atoms with Crippen LogP contribution in [0.4, 0.5) is 0 Å². The fraction of sp³-hybridized carbons (Fsp3) is 0.0476. The van der Waals surface area contributed by atoms with Crippen molar-refractivity contribution in [3.63, 3.8) is 0 Å². The molecule has 0 fully saturated rings. The molecule has 4 aromatic carbocycles. The Morgan fingerprint density at radius 2 is 1.23 bits per heavy atom. The lowest BCUT2D eigenvalue weighted by atomic mass is 9.97. The summed E-state index contributed by atoms with van der Waals surface area (Å²) >= 11 is 0. The summed E-state index contributed by atoms with van der Waals surface area (Å²) < 4.78 is 2.30. The van der Waals surface area contributed by atoms with Crippen LogP contribution in [0.3, 0.4) is 0 Å². The third-order valence-corrected chi connectivity index (χ3v) is 4.78. The standard InChI is InChI=1S/C21H15N/c1-22-18-9-5-4-8-17(18)21-19(22)13-12-15-11-10-14-6-2-3-7-16(14)20(15)21/h2-13H,1H3. The van der Waals surface area contributed by atoms with E-state index < -0.39 is 0 Å². The summed E-state index contributed by atoms with van der Waals surface area (Å²) in [6.45, 7) is 0. The van der Waals surface area contributed by atoms with E-state index in [1.54, 1.807) is 0 Å². The van der Waals surface area contributed by atoms with Crippen molar-refractivity contribution in [2.75, 3.05) is 0 Å². The first-order valence-corrected chi connectivity index (χ1v) is 7.62. The van der Waals surface area contributed by atoms with Crippen LogP contribution in [0.15, 0.2) is 72.8 Å². The number of aromatic nitrogens is 1. The predicted octanol–water partition coefficient (Wildman–Crippen LogP) is 5.64. The van der Waals surface area contributed by atoms with Gasteiger partial charge in [0.15, 0.2) is 0 Å². The Hall–Kier alpha value is -2.80. The molecule has 0 aliphatic heterocycles. The number of para-hydroxylation sites is 1. The lowest BCUT2D eigenvalue weighted by Crippen LogP contribution is -1.86. The highest BCUT2D eigenvalue weighted by atomic mass is 14.9. The summed E-state index contributed by atoms with van der Waals surface area (Å²) in [6, 6.07) is 26.3. The van der Waals surface area contributed by atoms with E-state index in [1.165, 1.54) is 43.4 Å². The number of benzene rings is 4. The van der Waals surface area contributed by atoms with Crippen LogP contribution in [0.5, 0.6) is 0 Å². The third kappa shape index (κ3) is 1.38. The topological polar surface area (TPSA) is 4.93 Å². The second-order valence-corrected chi connectivity index (χ2v) is 5.92. The largest absolute Gasteiger partial charge is 0.344 e. The van der Waals surface area contributed by atoms with Crippen molar-refractivity contribution in [2.45, 2.75) is 0 Å². The second-order valence-electron chi connectivity index (χ2n) is 5.92. The maximum absolute atomic E-state index is 2.30. The van der Waals surface area contributed by atoms with Crippen LogP contribution in [-0.2, 0) is 7.05 Å². The molecule has 1 aromatic heterocycles. The van der Waals surface area contributed by atoms with Gasteiger partial charge >= 0.3 is 0 Å². The molecular formula is C21H15N. The highest BCUT2D eigenvalue weighted by Gasteiger charge is 2.12. The Labute approximate surface area is 128 Å². The molecule has 0 aliphatic carbocycles. The molecule has 0 N–H and O–H groups in total. The Balaban J connectivity index is 2.21. The number of hydrogen-bond acceptors (Lipinski definition) is 0. The fourth-order valence-corrected chi connectivity index (χ4v) is 3.75. The van der Waals surface area contributed by atoms with Crippen molar-refractivity contribution in [2.24, 2.45) is 7.05 Å². The summed E-state index contributed by atoms with van der Waals surface area (Å²) in [5.74, 6) is 0. The molecule has 0 unspecified atom stereocenters. The van der Waals surface area contributed by atoms with Crippen molar-refractivity contribution in [3.8, 4) is 0 Å². The molecule has 0 amide bonds. The Morgan fingerprint density at radius 3 is 2.14 bits per heavy atom. The highest BCUT2D eigenvalue weighted by Crippen LogP contribution is 2.37. The molecule has 1 heterocycles. The smallest absolute Gasteiger partial charge is 0.0495 e. The summed E-state index contributed by atoms with van der Waals surface area (Å²) in [5, 5.41) is 8.02. The number of fused-ring (bicyclic) bond motifs is 7. The van der Waals surface area contributed by atoms with Gasteiger partial charge in [-0.2, -0.15) is 0 Å². The van der Waals surface area contributed by atoms with E-state index in [2.05, 4.69) is 84.4 Å². The van der Waals surface area contributed by atoms with E-state index in [4.69, 9.17) is 0 Å². The van der Waals surface area contributed by atoms with Gasteiger partial charge in [0.25, 0.3) is 0 Å². The molecule has 104 valence electrons. The van der Waals surface area contributed by atoms with Crippen LogP contribution < -0.4 is 0 Å². The van der Waals surface area contributed by atoms with Crippen molar-refractivity contribution < 1.29 is 0 Å². The molecule has 0 aliphatic rings. The maximum atomic E-state index is 2.30. The maximum Gasteiger partial charge on any atom is 0.0495 e. The Bertz CT molecular complexity index is 1180. The van der Waals surface area contributed by atoms with Gasteiger partial charge in [-0.05, 0) is 33.7 Å². The van der Waals surface area contributed by atoms with Gasteiger partial charge in [0.1, 0.15) is 0 Å². The Kier molecular flexibility index (Phi) is 2.21. The van der Waals surface area contributed by atoms with Gasteiger partial charge in [0.05, 0.1) is 0 Å². The monoisotopic (exact) mass is 281 g/mol. The van der Waals surface area contributed by atoms with E-state index in [-0.39, 0.29) is 0 Å². The van der Waals surface area contributed by atoms with E-state index in [0.29, 0.717) is 0 Å². The average Bonchev–Trinajstić information content (AvgIpc) is 2.88. The van der Waals surface area contributed by atoms with Gasteiger partial charge < -0.3 is 4.57 Å². The van der Waals surface area contributed by atoms with Crippen LogP contribution in [0.25, 0.3) is 43.4 Å². The average molecular weight is 281 g/mol. The molecule has 0 bridgehead atoms. The summed E-state index contributed by atoms with van der Waals surface area (Å²) in [5.41, 5.74) is 2.59. The fourth-order valence-electron chi connectivity index (χ4n) is 3.75. The number of aryl methyl sites for hydroxylation is 1. The molecule has 0 spiro atoms. The predicted molar refractivity (Wildman–Crippen MR) is 95.4 cm³/mol. The van der Waals surface area contributed by atoms with Gasteiger partial charge in [-0.15, -0.1) is 0 Å². The van der Waals surface area contributed by atoms with Crippen molar-refractivity contribution >= 4 is 43.4 Å². The number of hydrogen-bond donors (Lipinski definition) is 0. The zero-order valence-electron chi connectivity index (χ0n) is 12.4. The number of nitrogens with zero attached hydrogens (tertiary/aromatic N) is 1. The van der Waals surface area contributed by atoms with Gasteiger partial charge in [0.2, 0.25) is 0 Å². The zero-order chi connectivity index (χ0) is 14.7. The van der Waals surface area contributed by atoms with Gasteiger partial charge in [-0.1, -0.05) is 60.7 Å². The quantitative estimate of drug-likeness (QED) is 0.324. The lowest BCUT2D eigenvalue weighted by Gasteiger charge is -2.06. The molecule has 5 aromatic rings. The Morgan fingerprint density at radius 1 is 0.545 bits per heavy atom. The lowest BCUT2D eigenvalue weighted by molar-refractivity contribution is 1.01. The minimum Gasteiger partial charge on any atom is -0.344 e. The zero-order valence-corrected chi connectivity index (χ0v) is 12.4. The minimum absolute atomic E-state index is 1.29. The van der Waals surface area contributed by atoms with E-state index in [9.17, 15) is 0 Å². The molecule has 0 atom stereocenters. The first kappa shape index (κ1) is 11.8. The second kappa shape index (κ2) is 4.11. The summed E-state index contributed by atoms with van der Waals surface area (Å²) in [7, 11) is 2.15. The van der Waals surface area contributed by atoms with E-state index in [0.717, 1.165) is 0 Å². The van der Waals surface area contributed by atoms with E-state index in [1.807, 2.05) is 0 Å². The van der Waals surface area contributed by atoms with Crippen LogP contribution in [0.2, 0.25) is 0 Å². The third-order valence-electron chi connectivity index (χ3n) is 4.78. The van der Waals surface area contributed by atoms with Crippen LogP contribution in [0, 0.1) is 0 Å². The summed E-state index contributed by atoms with van der Waals surface area (Å²) in [4.78, 5) is 0. The normalized spacial score (nSPS) is 11.9. The first-order chi connectivity index (χ1) is 10.8. The number of rotatable bonds is 0. The van der Waals surface area contributed by atoms with Crippen molar-refractivity contribution in [1.82, 2.24) is 4.57 Å². The van der Waals surface area contributed by atoms with Gasteiger partial charge in [0, 0.05) is 28.9 Å². The molecule has 22 heavy (non-hydrogen) atoms. The molecule has 0 radical (unpaired) electrons. The SMILES string of the molecule is Cn1c2ccccc2c2c3c(ccc4ccccc43)ccc21. The minimum atomic E-state index is 1.29. The first-order valence-electron chi connectivity index (χ1n) is 7.62. The van der Waals surface area contributed by atoms with Crippen LogP contribution >= 0.6 is 0 Å². The molecule has 0 saturated carbocycles. The highest BCUT2D eigenvalue weighted by molar-refractivity contribution is 6.27. The van der Waals surface area contributed by atoms with E-state index >= 15 is 0 Å². The van der Waals surface area contributed by atoms with Crippen LogP contribution in [-0.4, -0.2) is 4.57 Å². The molecular weight excluding hydrogens is 266 g/mol. The van der Waals surface area contributed by atoms with Crippen molar-refractivity contribution in [3.05, 3.63) is 72.8 Å². The molecule has 5 rings (SSSR count). The van der Waals surface area contributed by atoms with Gasteiger partial charge in [-0.25, -0.2) is 0 Å². The molecule has 0 saturated heterocycles. The van der Waals surface area contributed by atoms with Gasteiger partial charge in [-0.3, -0.25) is 0 Å². The van der Waals surface area contributed by atoms with Crippen LogP contribution in [0.1, 0.15) is 0 Å².